The first-order valence-corrected chi connectivity index (χ1v) is 6.55. The summed E-state index contributed by atoms with van der Waals surface area (Å²) in [5, 5.41) is 23.4. The van der Waals surface area contributed by atoms with Gasteiger partial charge in [0.25, 0.3) is 5.89 Å². The summed E-state index contributed by atoms with van der Waals surface area (Å²) >= 11 is 3.37. The lowest BCUT2D eigenvalue weighted by molar-refractivity contribution is 0.416. The highest BCUT2D eigenvalue weighted by atomic mass is 79.9. The van der Waals surface area contributed by atoms with Gasteiger partial charge in [0.2, 0.25) is 5.82 Å². The van der Waals surface area contributed by atoms with Crippen molar-refractivity contribution in [1.29, 1.82) is 0 Å². The largest absolute Gasteiger partial charge is 0.507 e. The molecule has 0 aliphatic carbocycles. The van der Waals surface area contributed by atoms with E-state index < -0.39 is 0 Å². The Morgan fingerprint density at radius 3 is 2.40 bits per heavy atom. The molecule has 3 aromatic rings. The molecule has 0 bridgehead atoms. The van der Waals surface area contributed by atoms with Crippen LogP contribution >= 0.6 is 15.9 Å². The minimum Gasteiger partial charge on any atom is -0.507 e. The first-order valence-electron chi connectivity index (χ1n) is 5.76. The summed E-state index contributed by atoms with van der Waals surface area (Å²) in [4.78, 5) is 4.19. The first kappa shape index (κ1) is 12.7. The van der Waals surface area contributed by atoms with Gasteiger partial charge in [0.05, 0.1) is 0 Å². The molecular formula is C14H9BrN2O3. The third-order valence-corrected chi connectivity index (χ3v) is 3.24. The average Bonchev–Trinajstić information content (AvgIpc) is 2.88. The summed E-state index contributed by atoms with van der Waals surface area (Å²) in [6.45, 7) is 0. The van der Waals surface area contributed by atoms with Crippen molar-refractivity contribution in [1.82, 2.24) is 10.1 Å². The van der Waals surface area contributed by atoms with E-state index in [2.05, 4.69) is 26.1 Å². The van der Waals surface area contributed by atoms with E-state index in [1.165, 1.54) is 18.2 Å². The molecule has 2 aromatic carbocycles. The maximum Gasteiger partial charge on any atom is 0.265 e. The summed E-state index contributed by atoms with van der Waals surface area (Å²) in [6, 6.07) is 11.8. The molecule has 0 radical (unpaired) electrons. The van der Waals surface area contributed by atoms with Crippen molar-refractivity contribution in [2.75, 3.05) is 0 Å². The molecule has 3 rings (SSSR count). The van der Waals surface area contributed by atoms with E-state index >= 15 is 0 Å². The van der Waals surface area contributed by atoms with Crippen LogP contribution < -0.4 is 0 Å². The standard InChI is InChI=1S/C14H9BrN2O3/c15-9-4-1-3-8(7-9)13-16-14(20-17-13)12-10(18)5-2-6-11(12)19/h1-7,18-19H. The maximum absolute atomic E-state index is 9.77. The first-order chi connectivity index (χ1) is 9.65. The lowest BCUT2D eigenvalue weighted by Crippen LogP contribution is -1.82. The van der Waals surface area contributed by atoms with E-state index in [0.29, 0.717) is 5.82 Å². The predicted octanol–water partition coefficient (Wildman–Crippen LogP) is 3.58. The van der Waals surface area contributed by atoms with Crippen molar-refractivity contribution >= 4 is 15.9 Å². The molecule has 20 heavy (non-hydrogen) atoms. The molecule has 0 saturated carbocycles. The van der Waals surface area contributed by atoms with Crippen LogP contribution in [-0.4, -0.2) is 20.4 Å². The number of phenolic OH excluding ortho intramolecular Hbond substituents is 2. The maximum atomic E-state index is 9.77. The number of phenols is 2. The highest BCUT2D eigenvalue weighted by molar-refractivity contribution is 9.10. The zero-order valence-electron chi connectivity index (χ0n) is 10.1. The van der Waals surface area contributed by atoms with Crippen LogP contribution in [0.1, 0.15) is 0 Å². The normalized spacial score (nSPS) is 10.7. The van der Waals surface area contributed by atoms with Crippen molar-refractivity contribution in [2.24, 2.45) is 0 Å². The van der Waals surface area contributed by atoms with Crippen molar-refractivity contribution < 1.29 is 14.7 Å². The minimum absolute atomic E-state index is 0.0653. The predicted molar refractivity (Wildman–Crippen MR) is 76.2 cm³/mol. The van der Waals surface area contributed by atoms with Crippen molar-refractivity contribution in [3.05, 3.63) is 46.9 Å². The molecule has 0 amide bonds. The molecule has 2 N–H and O–H groups in total. The van der Waals surface area contributed by atoms with Crippen LogP contribution in [0.5, 0.6) is 11.5 Å². The number of nitrogens with zero attached hydrogens (tertiary/aromatic N) is 2. The van der Waals surface area contributed by atoms with Gasteiger partial charge in [-0.25, -0.2) is 0 Å². The zero-order valence-corrected chi connectivity index (χ0v) is 11.7. The van der Waals surface area contributed by atoms with Gasteiger partial charge in [0, 0.05) is 10.0 Å². The molecule has 0 spiro atoms. The van der Waals surface area contributed by atoms with Crippen LogP contribution in [0.15, 0.2) is 51.5 Å². The Bertz CT molecular complexity index is 750. The quantitative estimate of drug-likeness (QED) is 0.749. The zero-order chi connectivity index (χ0) is 14.1. The van der Waals surface area contributed by atoms with Gasteiger partial charge < -0.3 is 14.7 Å². The van der Waals surface area contributed by atoms with Crippen LogP contribution in [0.4, 0.5) is 0 Å². The second-order valence-corrected chi connectivity index (χ2v) is 5.02. The monoisotopic (exact) mass is 332 g/mol. The van der Waals surface area contributed by atoms with Gasteiger partial charge in [-0.1, -0.05) is 39.3 Å². The van der Waals surface area contributed by atoms with Crippen molar-refractivity contribution in [3.63, 3.8) is 0 Å². The van der Waals surface area contributed by atoms with Gasteiger partial charge in [-0.2, -0.15) is 4.98 Å². The summed E-state index contributed by atoms with van der Waals surface area (Å²) in [5.41, 5.74) is 0.894. The summed E-state index contributed by atoms with van der Waals surface area (Å²) < 4.78 is 6.01. The molecule has 5 nitrogen and oxygen atoms in total. The summed E-state index contributed by atoms with van der Waals surface area (Å²) in [6.07, 6.45) is 0. The fraction of sp³-hybridized carbons (Fsp3) is 0. The number of aromatic hydroxyl groups is 2. The molecule has 0 aliphatic rings. The molecule has 0 saturated heterocycles. The van der Waals surface area contributed by atoms with E-state index in [4.69, 9.17) is 4.52 Å². The van der Waals surface area contributed by atoms with E-state index in [9.17, 15) is 10.2 Å². The molecule has 1 heterocycles. The highest BCUT2D eigenvalue weighted by Crippen LogP contribution is 2.36. The smallest absolute Gasteiger partial charge is 0.265 e. The van der Waals surface area contributed by atoms with E-state index in [0.717, 1.165) is 10.0 Å². The Morgan fingerprint density at radius 1 is 1.00 bits per heavy atom. The van der Waals surface area contributed by atoms with Crippen LogP contribution in [0.2, 0.25) is 0 Å². The fourth-order valence-corrected chi connectivity index (χ4v) is 2.22. The second-order valence-electron chi connectivity index (χ2n) is 4.10. The van der Waals surface area contributed by atoms with E-state index in [1.54, 1.807) is 0 Å². The Kier molecular flexibility index (Phi) is 3.15. The van der Waals surface area contributed by atoms with Gasteiger partial charge >= 0.3 is 0 Å². The second kappa shape index (κ2) is 4.97. The molecular weight excluding hydrogens is 324 g/mol. The van der Waals surface area contributed by atoms with Crippen LogP contribution in [0.25, 0.3) is 22.8 Å². The fourth-order valence-electron chi connectivity index (χ4n) is 1.82. The molecule has 100 valence electrons. The number of rotatable bonds is 2. The van der Waals surface area contributed by atoms with E-state index in [1.807, 2.05) is 24.3 Å². The Morgan fingerprint density at radius 2 is 1.70 bits per heavy atom. The van der Waals surface area contributed by atoms with Gasteiger partial charge in [0.1, 0.15) is 17.1 Å². The number of benzene rings is 2. The molecule has 6 heteroatoms. The van der Waals surface area contributed by atoms with Crippen LogP contribution in [0.3, 0.4) is 0 Å². The van der Waals surface area contributed by atoms with Crippen LogP contribution in [-0.2, 0) is 0 Å². The Labute approximate surface area is 122 Å². The summed E-state index contributed by atoms with van der Waals surface area (Å²) in [7, 11) is 0. The number of hydrogen-bond acceptors (Lipinski definition) is 5. The number of halogens is 1. The van der Waals surface area contributed by atoms with Crippen molar-refractivity contribution in [2.45, 2.75) is 0 Å². The Balaban J connectivity index is 2.07. The van der Waals surface area contributed by atoms with Gasteiger partial charge in [-0.15, -0.1) is 0 Å². The van der Waals surface area contributed by atoms with Crippen LogP contribution in [0, 0.1) is 0 Å². The average molecular weight is 333 g/mol. The highest BCUT2D eigenvalue weighted by Gasteiger charge is 2.17. The number of hydrogen-bond donors (Lipinski definition) is 2. The van der Waals surface area contributed by atoms with Gasteiger partial charge in [-0.05, 0) is 24.3 Å². The van der Waals surface area contributed by atoms with Gasteiger partial charge in [0.15, 0.2) is 0 Å². The molecule has 0 unspecified atom stereocenters. The van der Waals surface area contributed by atoms with Gasteiger partial charge in [-0.3, -0.25) is 0 Å². The molecule has 0 atom stereocenters. The lowest BCUT2D eigenvalue weighted by Gasteiger charge is -2.01. The topological polar surface area (TPSA) is 79.4 Å². The molecule has 1 aromatic heterocycles. The third kappa shape index (κ3) is 2.25. The molecule has 0 fully saturated rings. The SMILES string of the molecule is Oc1cccc(O)c1-c1nc(-c2cccc(Br)c2)no1. The lowest BCUT2D eigenvalue weighted by atomic mass is 10.1. The molecule has 0 aliphatic heterocycles. The number of aromatic nitrogens is 2. The van der Waals surface area contributed by atoms with Crippen molar-refractivity contribution in [3.8, 4) is 34.3 Å². The Hall–Kier alpha value is -2.34. The third-order valence-electron chi connectivity index (χ3n) is 2.74. The van der Waals surface area contributed by atoms with E-state index in [-0.39, 0.29) is 23.0 Å². The minimum atomic E-state index is -0.116. The summed E-state index contributed by atoms with van der Waals surface area (Å²) in [5.74, 6) is 0.211.